The number of rotatable bonds is 6. The van der Waals surface area contributed by atoms with E-state index in [-0.39, 0.29) is 5.92 Å². The van der Waals surface area contributed by atoms with E-state index in [1.807, 2.05) is 62.4 Å². The zero-order chi connectivity index (χ0) is 17.0. The second-order valence-electron chi connectivity index (χ2n) is 5.94. The molecule has 0 amide bonds. The molecule has 124 valence electrons. The monoisotopic (exact) mass is 315 g/mol. The van der Waals surface area contributed by atoms with Crippen molar-refractivity contribution in [1.29, 1.82) is 0 Å². The van der Waals surface area contributed by atoms with Crippen molar-refractivity contribution in [3.05, 3.63) is 59.7 Å². The van der Waals surface area contributed by atoms with Crippen molar-refractivity contribution in [1.82, 2.24) is 0 Å². The molecular formula is C19H25NO3. The summed E-state index contributed by atoms with van der Waals surface area (Å²) in [6.07, 6.45) is 0. The van der Waals surface area contributed by atoms with Crippen molar-refractivity contribution in [2.24, 2.45) is 11.7 Å². The van der Waals surface area contributed by atoms with Crippen molar-refractivity contribution in [3.8, 4) is 11.5 Å². The summed E-state index contributed by atoms with van der Waals surface area (Å²) < 4.78 is 10.9. The number of benzene rings is 2. The Bertz CT molecular complexity index is 607. The highest BCUT2D eigenvalue weighted by atomic mass is 16.5. The van der Waals surface area contributed by atoms with E-state index < -0.39 is 11.6 Å². The fourth-order valence-electron chi connectivity index (χ4n) is 2.91. The first-order valence-corrected chi connectivity index (χ1v) is 7.71. The molecule has 2 aromatic carbocycles. The summed E-state index contributed by atoms with van der Waals surface area (Å²) >= 11 is 0. The molecule has 0 aromatic heterocycles. The van der Waals surface area contributed by atoms with Crippen LogP contribution in [0.15, 0.2) is 48.5 Å². The lowest BCUT2D eigenvalue weighted by Crippen LogP contribution is -2.49. The van der Waals surface area contributed by atoms with Gasteiger partial charge in [-0.25, -0.2) is 0 Å². The summed E-state index contributed by atoms with van der Waals surface area (Å²) in [5.41, 5.74) is 6.29. The van der Waals surface area contributed by atoms with Gasteiger partial charge in [-0.2, -0.15) is 0 Å². The van der Waals surface area contributed by atoms with Gasteiger partial charge in [0.15, 0.2) is 0 Å². The van der Waals surface area contributed by atoms with Crippen LogP contribution in [0.5, 0.6) is 11.5 Å². The molecule has 4 nitrogen and oxygen atoms in total. The molecule has 0 spiro atoms. The minimum absolute atomic E-state index is 0.0508. The Morgan fingerprint density at radius 2 is 1.26 bits per heavy atom. The molecular weight excluding hydrogens is 290 g/mol. The van der Waals surface area contributed by atoms with Gasteiger partial charge in [0, 0.05) is 17.2 Å². The number of nitrogens with two attached hydrogens (primary N) is 1. The first-order valence-electron chi connectivity index (χ1n) is 7.71. The molecule has 0 fully saturated rings. The van der Waals surface area contributed by atoms with E-state index in [2.05, 4.69) is 0 Å². The molecule has 2 aromatic rings. The smallest absolute Gasteiger partial charge is 0.137 e. The van der Waals surface area contributed by atoms with Gasteiger partial charge in [0.25, 0.3) is 0 Å². The van der Waals surface area contributed by atoms with Gasteiger partial charge in [-0.15, -0.1) is 0 Å². The van der Waals surface area contributed by atoms with E-state index in [0.29, 0.717) is 22.6 Å². The SMILES string of the molecule is COc1ccccc1C(O)(c1ccccc1OC)[C@H](N)C(C)C. The van der Waals surface area contributed by atoms with Crippen LogP contribution in [-0.4, -0.2) is 25.4 Å². The largest absolute Gasteiger partial charge is 0.496 e. The van der Waals surface area contributed by atoms with Crippen molar-refractivity contribution in [3.63, 3.8) is 0 Å². The van der Waals surface area contributed by atoms with Gasteiger partial charge >= 0.3 is 0 Å². The third-order valence-electron chi connectivity index (χ3n) is 4.24. The average Bonchev–Trinajstić information content (AvgIpc) is 2.60. The Balaban J connectivity index is 2.76. The highest BCUT2D eigenvalue weighted by Gasteiger charge is 2.43. The van der Waals surface area contributed by atoms with E-state index in [1.165, 1.54) is 0 Å². The van der Waals surface area contributed by atoms with Crippen LogP contribution in [-0.2, 0) is 5.60 Å². The van der Waals surface area contributed by atoms with Crippen molar-refractivity contribution in [2.45, 2.75) is 25.5 Å². The van der Waals surface area contributed by atoms with Gasteiger partial charge in [0.2, 0.25) is 0 Å². The topological polar surface area (TPSA) is 64.7 Å². The van der Waals surface area contributed by atoms with E-state index in [1.54, 1.807) is 14.2 Å². The quantitative estimate of drug-likeness (QED) is 0.860. The molecule has 0 bridgehead atoms. The highest BCUT2D eigenvalue weighted by Crippen LogP contribution is 2.43. The van der Waals surface area contributed by atoms with E-state index >= 15 is 0 Å². The van der Waals surface area contributed by atoms with E-state index in [4.69, 9.17) is 15.2 Å². The van der Waals surface area contributed by atoms with Gasteiger partial charge < -0.3 is 20.3 Å². The van der Waals surface area contributed by atoms with Gasteiger partial charge in [-0.05, 0) is 18.1 Å². The summed E-state index contributed by atoms with van der Waals surface area (Å²) in [7, 11) is 3.17. The Morgan fingerprint density at radius 3 is 1.61 bits per heavy atom. The maximum absolute atomic E-state index is 11.7. The van der Waals surface area contributed by atoms with Crippen LogP contribution in [0.3, 0.4) is 0 Å². The Labute approximate surface area is 137 Å². The molecule has 1 atom stereocenters. The molecule has 23 heavy (non-hydrogen) atoms. The number of aliphatic hydroxyl groups is 1. The minimum atomic E-state index is -1.42. The van der Waals surface area contributed by atoms with Crippen LogP contribution in [0, 0.1) is 5.92 Å². The molecule has 0 radical (unpaired) electrons. The maximum atomic E-state index is 11.7. The predicted molar refractivity (Wildman–Crippen MR) is 91.8 cm³/mol. The standard InChI is InChI=1S/C19H25NO3/c1-13(2)18(20)19(21,14-9-5-7-11-16(14)22-3)15-10-6-8-12-17(15)23-4/h5-13,18,21H,20H2,1-4H3/t18-/m1/s1. The molecule has 0 saturated carbocycles. The van der Waals surface area contributed by atoms with Crippen LogP contribution in [0.4, 0.5) is 0 Å². The van der Waals surface area contributed by atoms with Crippen LogP contribution in [0.1, 0.15) is 25.0 Å². The molecule has 0 unspecified atom stereocenters. The number of hydrogen-bond acceptors (Lipinski definition) is 4. The number of ether oxygens (including phenoxy) is 2. The number of methoxy groups -OCH3 is 2. The molecule has 0 heterocycles. The van der Waals surface area contributed by atoms with Crippen LogP contribution >= 0.6 is 0 Å². The number of hydrogen-bond donors (Lipinski definition) is 2. The van der Waals surface area contributed by atoms with Crippen molar-refractivity contribution in [2.75, 3.05) is 14.2 Å². The maximum Gasteiger partial charge on any atom is 0.137 e. The molecule has 0 saturated heterocycles. The van der Waals surface area contributed by atoms with E-state index in [0.717, 1.165) is 0 Å². The zero-order valence-corrected chi connectivity index (χ0v) is 14.1. The molecule has 0 aliphatic carbocycles. The van der Waals surface area contributed by atoms with Crippen LogP contribution in [0.2, 0.25) is 0 Å². The number of para-hydroxylation sites is 2. The van der Waals surface area contributed by atoms with E-state index in [9.17, 15) is 5.11 Å². The molecule has 4 heteroatoms. The second-order valence-corrected chi connectivity index (χ2v) is 5.94. The second kappa shape index (κ2) is 7.02. The van der Waals surface area contributed by atoms with Gasteiger partial charge in [0.1, 0.15) is 17.1 Å². The Hall–Kier alpha value is -2.04. The Morgan fingerprint density at radius 1 is 0.870 bits per heavy atom. The molecule has 3 N–H and O–H groups in total. The fourth-order valence-corrected chi connectivity index (χ4v) is 2.91. The molecule has 0 aliphatic rings. The third kappa shape index (κ3) is 3.05. The van der Waals surface area contributed by atoms with Crippen LogP contribution in [0.25, 0.3) is 0 Å². The summed E-state index contributed by atoms with van der Waals surface area (Å²) in [6.45, 7) is 3.97. The normalized spacial score (nSPS) is 13.0. The first-order chi connectivity index (χ1) is 11.0. The first kappa shape index (κ1) is 17.3. The summed E-state index contributed by atoms with van der Waals surface area (Å²) in [4.78, 5) is 0. The molecule has 0 aliphatic heterocycles. The van der Waals surface area contributed by atoms with Crippen LogP contribution < -0.4 is 15.2 Å². The lowest BCUT2D eigenvalue weighted by Gasteiger charge is -2.38. The lowest BCUT2D eigenvalue weighted by atomic mass is 9.75. The highest BCUT2D eigenvalue weighted by molar-refractivity contribution is 5.51. The lowest BCUT2D eigenvalue weighted by molar-refractivity contribution is 0.0309. The predicted octanol–water partition coefficient (Wildman–Crippen LogP) is 2.92. The van der Waals surface area contributed by atoms with Crippen molar-refractivity contribution < 1.29 is 14.6 Å². The fraction of sp³-hybridized carbons (Fsp3) is 0.368. The van der Waals surface area contributed by atoms with Crippen molar-refractivity contribution >= 4 is 0 Å². The zero-order valence-electron chi connectivity index (χ0n) is 14.1. The third-order valence-corrected chi connectivity index (χ3v) is 4.24. The summed E-state index contributed by atoms with van der Waals surface area (Å²) in [5, 5.41) is 11.7. The average molecular weight is 315 g/mol. The Kier molecular flexibility index (Phi) is 5.29. The summed E-state index contributed by atoms with van der Waals surface area (Å²) in [6, 6.07) is 14.3. The minimum Gasteiger partial charge on any atom is -0.496 e. The van der Waals surface area contributed by atoms with Gasteiger partial charge in [-0.1, -0.05) is 50.2 Å². The molecule has 2 rings (SSSR count). The summed E-state index contributed by atoms with van der Waals surface area (Å²) in [5.74, 6) is 1.24. The van der Waals surface area contributed by atoms with Gasteiger partial charge in [-0.3, -0.25) is 0 Å². The van der Waals surface area contributed by atoms with Gasteiger partial charge in [0.05, 0.1) is 14.2 Å².